The maximum atomic E-state index is 3.61. The molecule has 3 heteroatoms. The molecular weight excluding hydrogens is 438 g/mol. The first-order chi connectivity index (χ1) is 10.9. The Morgan fingerprint density at radius 2 is 1.69 bits per heavy atom. The van der Waals surface area contributed by atoms with Gasteiger partial charge >= 0.3 is 26.2 Å². The van der Waals surface area contributed by atoms with Crippen molar-refractivity contribution in [1.82, 2.24) is 0 Å². The summed E-state index contributed by atoms with van der Waals surface area (Å²) in [5.74, 6) is 0. The van der Waals surface area contributed by atoms with Crippen LogP contribution in [0.4, 0.5) is 0 Å². The summed E-state index contributed by atoms with van der Waals surface area (Å²) in [7, 11) is 0. The van der Waals surface area contributed by atoms with Crippen molar-refractivity contribution in [1.29, 1.82) is 0 Å². The third-order valence-electron chi connectivity index (χ3n) is 5.00. The van der Waals surface area contributed by atoms with Crippen molar-refractivity contribution in [3.05, 3.63) is 76.4 Å². The van der Waals surface area contributed by atoms with E-state index < -0.39 is 0 Å². The number of rotatable bonds is 1. The summed E-state index contributed by atoms with van der Waals surface area (Å²) < 4.78 is 0. The topological polar surface area (TPSA) is 0 Å². The van der Waals surface area contributed by atoms with Crippen LogP contribution in [0.2, 0.25) is 0 Å². The number of halogens is 2. The monoisotopic (exact) mass is 459 g/mol. The molecule has 0 spiro atoms. The van der Waals surface area contributed by atoms with Gasteiger partial charge in [-0.25, -0.2) is 0 Å². The van der Waals surface area contributed by atoms with Crippen molar-refractivity contribution in [2.75, 3.05) is 0 Å². The molecule has 0 atom stereocenters. The summed E-state index contributed by atoms with van der Waals surface area (Å²) >= 11 is 0. The zero-order chi connectivity index (χ0) is 16.2. The SMILES string of the molecule is Cc1[c-]c2c(c(C3=C(C(C)(C)C)C=CC3)c1)-c1ccccc1C2.[Cl-].[Cl-].[Zr+3]. The molecule has 2 aliphatic carbocycles. The molecule has 0 fully saturated rings. The molecule has 0 bridgehead atoms. The number of fused-ring (bicyclic) bond motifs is 3. The Kier molecular flexibility index (Phi) is 7.74. The summed E-state index contributed by atoms with van der Waals surface area (Å²) in [5.41, 5.74) is 11.5. The maximum Gasteiger partial charge on any atom is 3.00 e. The van der Waals surface area contributed by atoms with Crippen molar-refractivity contribution < 1.29 is 51.0 Å². The molecule has 1 radical (unpaired) electrons. The van der Waals surface area contributed by atoms with Crippen LogP contribution >= 0.6 is 0 Å². The zero-order valence-corrected chi connectivity index (χ0v) is 19.7. The average molecular weight is 462 g/mol. The summed E-state index contributed by atoms with van der Waals surface area (Å²) in [6.07, 6.45) is 6.71. The van der Waals surface area contributed by atoms with E-state index in [2.05, 4.69) is 76.2 Å². The van der Waals surface area contributed by atoms with E-state index in [4.69, 9.17) is 0 Å². The van der Waals surface area contributed by atoms with Crippen LogP contribution in [0.3, 0.4) is 0 Å². The van der Waals surface area contributed by atoms with Gasteiger partial charge in [-0.2, -0.15) is 17.7 Å². The van der Waals surface area contributed by atoms with Gasteiger partial charge in [-0.05, 0) is 23.8 Å². The number of hydrogen-bond acceptors (Lipinski definition) is 0. The van der Waals surface area contributed by atoms with Gasteiger partial charge in [0.1, 0.15) is 0 Å². The number of allylic oxidation sites excluding steroid dienone is 4. The minimum atomic E-state index is 0. The Balaban J connectivity index is 0.00000113. The van der Waals surface area contributed by atoms with Crippen LogP contribution in [0.15, 0.2) is 48.1 Å². The standard InChI is InChI=1S/C23H23.2ClH.Zr/c1-15-12-17-14-16-8-5-6-9-18(16)22(17)20(13-15)19-10-7-11-21(19)23(2,3)4;;;/h5-9,11,13H,10,14H2,1-4H3;2*1H;/q-1;;;+3/p-2. The predicted octanol–water partition coefficient (Wildman–Crippen LogP) is 0.132. The summed E-state index contributed by atoms with van der Waals surface area (Å²) in [6.45, 7) is 9.11. The van der Waals surface area contributed by atoms with E-state index >= 15 is 0 Å². The van der Waals surface area contributed by atoms with Gasteiger partial charge in [0.25, 0.3) is 0 Å². The molecule has 0 saturated carbocycles. The second-order valence-electron chi connectivity index (χ2n) is 7.80. The fourth-order valence-corrected chi connectivity index (χ4v) is 4.04. The van der Waals surface area contributed by atoms with Crippen molar-refractivity contribution in [3.8, 4) is 11.1 Å². The first kappa shape index (κ1) is 23.4. The Labute approximate surface area is 189 Å². The van der Waals surface area contributed by atoms with Gasteiger partial charge in [0.2, 0.25) is 0 Å². The smallest absolute Gasteiger partial charge is 1.00 e. The van der Waals surface area contributed by atoms with Gasteiger partial charge in [0.15, 0.2) is 0 Å². The van der Waals surface area contributed by atoms with Gasteiger partial charge in [0, 0.05) is 0 Å². The number of benzene rings is 2. The van der Waals surface area contributed by atoms with Gasteiger partial charge in [-0.3, -0.25) is 0 Å². The normalized spacial score (nSPS) is 14.2. The summed E-state index contributed by atoms with van der Waals surface area (Å²) in [6, 6.07) is 14.8. The molecule has 2 aromatic carbocycles. The van der Waals surface area contributed by atoms with Gasteiger partial charge in [-0.1, -0.05) is 80.8 Å². The minimum Gasteiger partial charge on any atom is -1.00 e. The third kappa shape index (κ3) is 3.96. The molecule has 2 aliphatic rings. The van der Waals surface area contributed by atoms with Crippen LogP contribution in [-0.2, 0) is 32.6 Å². The van der Waals surface area contributed by atoms with Crippen LogP contribution < -0.4 is 24.8 Å². The third-order valence-corrected chi connectivity index (χ3v) is 5.00. The average Bonchev–Trinajstić information content (AvgIpc) is 3.10. The zero-order valence-electron chi connectivity index (χ0n) is 15.7. The fourth-order valence-electron chi connectivity index (χ4n) is 4.04. The molecule has 0 nitrogen and oxygen atoms in total. The Bertz CT molecular complexity index is 870. The van der Waals surface area contributed by atoms with Crippen LogP contribution in [-0.4, -0.2) is 0 Å². The van der Waals surface area contributed by atoms with Gasteiger partial charge in [-0.15, -0.1) is 16.7 Å². The molecule has 0 aromatic heterocycles. The first-order valence-corrected chi connectivity index (χ1v) is 8.50. The maximum absolute atomic E-state index is 3.61. The van der Waals surface area contributed by atoms with E-state index in [0.29, 0.717) is 0 Å². The Morgan fingerprint density at radius 3 is 2.38 bits per heavy atom. The quantitative estimate of drug-likeness (QED) is 0.452. The molecule has 0 saturated heterocycles. The first-order valence-electron chi connectivity index (χ1n) is 8.50. The number of aryl methyl sites for hydroxylation is 1. The van der Waals surface area contributed by atoms with E-state index in [-0.39, 0.29) is 56.4 Å². The van der Waals surface area contributed by atoms with Gasteiger partial charge < -0.3 is 24.8 Å². The summed E-state index contributed by atoms with van der Waals surface area (Å²) in [5, 5.41) is 0. The van der Waals surface area contributed by atoms with Crippen molar-refractivity contribution >= 4 is 5.57 Å². The summed E-state index contributed by atoms with van der Waals surface area (Å²) in [4.78, 5) is 0. The van der Waals surface area contributed by atoms with Crippen LogP contribution in [0.1, 0.15) is 49.4 Å². The fraction of sp³-hybridized carbons (Fsp3) is 0.304. The molecule has 2 aromatic rings. The van der Waals surface area contributed by atoms with E-state index in [1.54, 1.807) is 0 Å². The van der Waals surface area contributed by atoms with E-state index in [1.165, 1.54) is 44.5 Å². The second kappa shape index (κ2) is 8.60. The number of hydrogen-bond donors (Lipinski definition) is 0. The minimum absolute atomic E-state index is 0. The van der Waals surface area contributed by atoms with Crippen molar-refractivity contribution in [2.24, 2.45) is 5.41 Å². The molecule has 4 rings (SSSR count). The van der Waals surface area contributed by atoms with Crippen LogP contribution in [0, 0.1) is 18.4 Å². The van der Waals surface area contributed by atoms with Crippen LogP contribution in [0.25, 0.3) is 16.7 Å². The van der Waals surface area contributed by atoms with Crippen molar-refractivity contribution in [3.63, 3.8) is 0 Å². The Hall–Kier alpha value is -0.617. The molecule has 26 heavy (non-hydrogen) atoms. The Morgan fingerprint density at radius 1 is 1.00 bits per heavy atom. The van der Waals surface area contributed by atoms with Gasteiger partial charge in [0.05, 0.1) is 0 Å². The molecule has 0 aliphatic heterocycles. The molecule has 133 valence electrons. The molecule has 0 amide bonds. The predicted molar refractivity (Wildman–Crippen MR) is 98.4 cm³/mol. The molecular formula is C23H23Cl2Zr. The van der Waals surface area contributed by atoms with E-state index in [0.717, 1.165) is 12.8 Å². The molecule has 0 unspecified atom stereocenters. The van der Waals surface area contributed by atoms with Crippen molar-refractivity contribution in [2.45, 2.75) is 40.5 Å². The van der Waals surface area contributed by atoms with E-state index in [9.17, 15) is 0 Å². The molecule has 0 heterocycles. The molecule has 0 N–H and O–H groups in total. The van der Waals surface area contributed by atoms with E-state index in [1.807, 2.05) is 0 Å². The second-order valence-corrected chi connectivity index (χ2v) is 7.80. The van der Waals surface area contributed by atoms with Crippen LogP contribution in [0.5, 0.6) is 0 Å². The largest absolute Gasteiger partial charge is 3.00 e.